The number of hydrogen-bond acceptors (Lipinski definition) is 5. The molecule has 8 heteroatoms. The molecule has 1 amide bonds. The van der Waals surface area contributed by atoms with Crippen LogP contribution in [0.4, 0.5) is 10.6 Å². The van der Waals surface area contributed by atoms with Crippen LogP contribution in [0.5, 0.6) is 0 Å². The number of carboxylic acid groups (broad SMARTS) is 1. The second-order valence-corrected chi connectivity index (χ2v) is 9.94. The molecular weight excluding hydrogens is 432 g/mol. The number of fused-ring (bicyclic) bond motifs is 1. The SMILES string of the molecule is CC(C)n1ccc2c(C(=O)O)cc(-c3ccc(N4CCN(C(=O)OC(C)(C)C)CC4)nc3)cc21. The monoisotopic (exact) mass is 464 g/mol. The van der Waals surface area contributed by atoms with Gasteiger partial charge in [0.1, 0.15) is 11.4 Å². The van der Waals surface area contributed by atoms with E-state index in [9.17, 15) is 14.7 Å². The van der Waals surface area contributed by atoms with Gasteiger partial charge in [-0.3, -0.25) is 0 Å². The number of carboxylic acids is 1. The van der Waals surface area contributed by atoms with E-state index in [-0.39, 0.29) is 17.7 Å². The molecule has 0 bridgehead atoms. The standard InChI is InChI=1S/C26H32N4O4/c1-17(2)30-9-8-20-21(24(31)32)14-19(15-22(20)30)18-6-7-23(27-16-18)28-10-12-29(13-11-28)25(33)34-26(3,4)5/h6-9,14-17H,10-13H2,1-5H3,(H,31,32). The molecular formula is C26H32N4O4. The topological polar surface area (TPSA) is 87.9 Å². The Balaban J connectivity index is 1.53. The van der Waals surface area contributed by atoms with Crippen LogP contribution >= 0.6 is 0 Å². The number of pyridine rings is 1. The maximum atomic E-state index is 12.3. The maximum absolute atomic E-state index is 12.3. The number of piperazine rings is 1. The Morgan fingerprint density at radius 3 is 2.29 bits per heavy atom. The lowest BCUT2D eigenvalue weighted by molar-refractivity contribution is 0.0240. The van der Waals surface area contributed by atoms with Gasteiger partial charge in [0.2, 0.25) is 0 Å². The highest BCUT2D eigenvalue weighted by atomic mass is 16.6. The van der Waals surface area contributed by atoms with Crippen molar-refractivity contribution in [1.29, 1.82) is 0 Å². The molecule has 180 valence electrons. The van der Waals surface area contributed by atoms with Crippen molar-refractivity contribution in [1.82, 2.24) is 14.5 Å². The quantitative estimate of drug-likeness (QED) is 0.582. The van der Waals surface area contributed by atoms with Crippen molar-refractivity contribution in [3.05, 3.63) is 48.3 Å². The Morgan fingerprint density at radius 1 is 1.03 bits per heavy atom. The van der Waals surface area contributed by atoms with Gasteiger partial charge in [-0.25, -0.2) is 14.6 Å². The fourth-order valence-electron chi connectivity index (χ4n) is 4.24. The third-order valence-electron chi connectivity index (χ3n) is 5.96. The number of benzene rings is 1. The van der Waals surface area contributed by atoms with Gasteiger partial charge in [-0.1, -0.05) is 0 Å². The number of aromatic nitrogens is 2. The van der Waals surface area contributed by atoms with Gasteiger partial charge in [-0.2, -0.15) is 0 Å². The summed E-state index contributed by atoms with van der Waals surface area (Å²) < 4.78 is 7.55. The van der Waals surface area contributed by atoms with Crippen LogP contribution in [0.25, 0.3) is 22.0 Å². The molecule has 1 saturated heterocycles. The van der Waals surface area contributed by atoms with E-state index >= 15 is 0 Å². The Morgan fingerprint density at radius 2 is 1.74 bits per heavy atom. The van der Waals surface area contributed by atoms with Crippen LogP contribution < -0.4 is 4.90 Å². The minimum absolute atomic E-state index is 0.217. The summed E-state index contributed by atoms with van der Waals surface area (Å²) in [6.07, 6.45) is 3.43. The van der Waals surface area contributed by atoms with Crippen molar-refractivity contribution in [2.24, 2.45) is 0 Å². The van der Waals surface area contributed by atoms with Crippen molar-refractivity contribution in [3.63, 3.8) is 0 Å². The van der Waals surface area contributed by atoms with Crippen molar-refractivity contribution in [2.45, 2.75) is 46.3 Å². The summed E-state index contributed by atoms with van der Waals surface area (Å²) in [6, 6.07) is 9.74. The highest BCUT2D eigenvalue weighted by molar-refractivity contribution is 6.05. The van der Waals surface area contributed by atoms with E-state index in [1.165, 1.54) is 0 Å². The Kier molecular flexibility index (Phi) is 6.25. The first-order valence-corrected chi connectivity index (χ1v) is 11.6. The molecule has 0 aliphatic carbocycles. The van der Waals surface area contributed by atoms with Gasteiger partial charge in [0.05, 0.1) is 5.56 Å². The smallest absolute Gasteiger partial charge is 0.410 e. The number of rotatable bonds is 4. The fourth-order valence-corrected chi connectivity index (χ4v) is 4.24. The number of aromatic carboxylic acids is 1. The van der Waals surface area contributed by atoms with Crippen molar-refractivity contribution in [2.75, 3.05) is 31.1 Å². The van der Waals surface area contributed by atoms with Gasteiger partial charge in [0.15, 0.2) is 0 Å². The average Bonchev–Trinajstić information content (AvgIpc) is 3.22. The molecule has 2 aromatic heterocycles. The summed E-state index contributed by atoms with van der Waals surface area (Å²) in [7, 11) is 0. The minimum Gasteiger partial charge on any atom is -0.478 e. The second-order valence-electron chi connectivity index (χ2n) is 9.94. The van der Waals surface area contributed by atoms with Crippen LogP contribution in [-0.4, -0.2) is 63.4 Å². The maximum Gasteiger partial charge on any atom is 0.410 e. The molecule has 1 fully saturated rings. The number of carbonyl (C=O) groups excluding carboxylic acids is 1. The Labute approximate surface area is 199 Å². The molecule has 0 radical (unpaired) electrons. The number of anilines is 1. The van der Waals surface area contributed by atoms with Gasteiger partial charge in [-0.15, -0.1) is 0 Å². The summed E-state index contributed by atoms with van der Waals surface area (Å²) >= 11 is 0. The molecule has 1 aromatic carbocycles. The zero-order chi connectivity index (χ0) is 24.6. The van der Waals surface area contributed by atoms with Crippen LogP contribution in [0.15, 0.2) is 42.7 Å². The lowest BCUT2D eigenvalue weighted by Gasteiger charge is -2.36. The van der Waals surface area contributed by atoms with Crippen LogP contribution in [0, 0.1) is 0 Å². The van der Waals surface area contributed by atoms with Gasteiger partial charge in [0.25, 0.3) is 0 Å². The summed E-state index contributed by atoms with van der Waals surface area (Å²) in [5.74, 6) is -0.113. The molecule has 8 nitrogen and oxygen atoms in total. The number of hydrogen-bond donors (Lipinski definition) is 1. The van der Waals surface area contributed by atoms with Gasteiger partial charge in [0, 0.05) is 61.1 Å². The molecule has 34 heavy (non-hydrogen) atoms. The second kappa shape index (κ2) is 9.00. The van der Waals surface area contributed by atoms with Crippen LogP contribution in [0.1, 0.15) is 51.0 Å². The first-order chi connectivity index (χ1) is 16.0. The molecule has 1 aliphatic rings. The number of ether oxygens (including phenoxy) is 1. The zero-order valence-electron chi connectivity index (χ0n) is 20.4. The molecule has 3 heterocycles. The summed E-state index contributed by atoms with van der Waals surface area (Å²) in [4.78, 5) is 32.7. The predicted octanol–water partition coefficient (Wildman–Crippen LogP) is 5.04. The lowest BCUT2D eigenvalue weighted by Crippen LogP contribution is -2.50. The van der Waals surface area contributed by atoms with E-state index in [1.54, 1.807) is 17.2 Å². The molecule has 0 spiro atoms. The summed E-state index contributed by atoms with van der Waals surface area (Å²) in [6.45, 7) is 12.2. The van der Waals surface area contributed by atoms with E-state index in [0.717, 1.165) is 27.8 Å². The Hall–Kier alpha value is -3.55. The van der Waals surface area contributed by atoms with E-state index < -0.39 is 11.6 Å². The average molecular weight is 465 g/mol. The summed E-state index contributed by atoms with van der Waals surface area (Å²) in [5, 5.41) is 10.5. The molecule has 1 aliphatic heterocycles. The van der Waals surface area contributed by atoms with Crippen LogP contribution in [0.3, 0.4) is 0 Å². The molecule has 1 N–H and O–H groups in total. The molecule has 0 saturated carbocycles. The molecule has 0 atom stereocenters. The number of carbonyl (C=O) groups is 2. The van der Waals surface area contributed by atoms with Crippen molar-refractivity contribution < 1.29 is 19.4 Å². The molecule has 0 unspecified atom stereocenters. The lowest BCUT2D eigenvalue weighted by atomic mass is 10.0. The van der Waals surface area contributed by atoms with Gasteiger partial charge in [-0.05, 0) is 70.5 Å². The third-order valence-corrected chi connectivity index (χ3v) is 5.96. The van der Waals surface area contributed by atoms with E-state index in [2.05, 4.69) is 28.3 Å². The van der Waals surface area contributed by atoms with Crippen LogP contribution in [0.2, 0.25) is 0 Å². The van der Waals surface area contributed by atoms with Crippen molar-refractivity contribution >= 4 is 28.8 Å². The Bertz CT molecular complexity index is 1200. The van der Waals surface area contributed by atoms with E-state index in [1.807, 2.05) is 51.2 Å². The first-order valence-electron chi connectivity index (χ1n) is 11.6. The fraction of sp³-hybridized carbons (Fsp3) is 0.423. The normalized spacial score (nSPS) is 14.6. The highest BCUT2D eigenvalue weighted by Crippen LogP contribution is 2.31. The van der Waals surface area contributed by atoms with E-state index in [4.69, 9.17) is 4.74 Å². The zero-order valence-corrected chi connectivity index (χ0v) is 20.4. The third kappa shape index (κ3) is 4.85. The van der Waals surface area contributed by atoms with Crippen molar-refractivity contribution in [3.8, 4) is 11.1 Å². The predicted molar refractivity (Wildman–Crippen MR) is 133 cm³/mol. The van der Waals surface area contributed by atoms with Gasteiger partial charge < -0.3 is 24.2 Å². The largest absolute Gasteiger partial charge is 0.478 e. The minimum atomic E-state index is -0.944. The molecule has 4 rings (SSSR count). The summed E-state index contributed by atoms with van der Waals surface area (Å²) in [5.41, 5.74) is 2.35. The highest BCUT2D eigenvalue weighted by Gasteiger charge is 2.26. The molecule has 3 aromatic rings. The van der Waals surface area contributed by atoms with Gasteiger partial charge >= 0.3 is 12.1 Å². The van der Waals surface area contributed by atoms with E-state index in [0.29, 0.717) is 26.2 Å². The number of amides is 1. The first kappa shape index (κ1) is 23.6. The number of nitrogens with zero attached hydrogens (tertiary/aromatic N) is 4. The van der Waals surface area contributed by atoms with Crippen LogP contribution in [-0.2, 0) is 4.74 Å².